The number of hydrogen-bond donors (Lipinski definition) is 2. The highest BCUT2D eigenvalue weighted by atomic mass is 35.5. The van der Waals surface area contributed by atoms with E-state index < -0.39 is 5.91 Å². The summed E-state index contributed by atoms with van der Waals surface area (Å²) in [7, 11) is 0. The highest BCUT2D eigenvalue weighted by molar-refractivity contribution is 6.32. The molecule has 2 aromatic carbocycles. The van der Waals surface area contributed by atoms with E-state index in [1.807, 2.05) is 27.7 Å². The number of benzene rings is 2. The Hall–Kier alpha value is -3.93. The number of ether oxygens (including phenoxy) is 2. The lowest BCUT2D eigenvalue weighted by atomic mass is 9.85. The van der Waals surface area contributed by atoms with Crippen molar-refractivity contribution < 1.29 is 19.1 Å². The van der Waals surface area contributed by atoms with Gasteiger partial charge in [0, 0.05) is 23.4 Å². The van der Waals surface area contributed by atoms with Gasteiger partial charge in [-0.2, -0.15) is 5.26 Å². The van der Waals surface area contributed by atoms with Crippen molar-refractivity contribution in [2.24, 2.45) is 5.73 Å². The lowest BCUT2D eigenvalue weighted by Gasteiger charge is -2.45. The van der Waals surface area contributed by atoms with Crippen LogP contribution >= 0.6 is 11.6 Å². The Morgan fingerprint density at radius 1 is 1.11 bits per heavy atom. The van der Waals surface area contributed by atoms with Crippen molar-refractivity contribution >= 4 is 23.4 Å². The molecule has 3 aromatic rings. The van der Waals surface area contributed by atoms with Crippen LogP contribution in [-0.2, 0) is 4.74 Å². The van der Waals surface area contributed by atoms with E-state index in [0.29, 0.717) is 29.5 Å². The van der Waals surface area contributed by atoms with Gasteiger partial charge in [0.15, 0.2) is 0 Å². The Labute approximate surface area is 226 Å². The zero-order valence-corrected chi connectivity index (χ0v) is 22.4. The van der Waals surface area contributed by atoms with E-state index in [0.717, 1.165) is 0 Å². The van der Waals surface area contributed by atoms with Gasteiger partial charge in [-0.3, -0.25) is 14.6 Å². The van der Waals surface area contributed by atoms with Crippen molar-refractivity contribution in [2.75, 3.05) is 0 Å². The zero-order chi connectivity index (χ0) is 27.7. The smallest absolute Gasteiger partial charge is 0.267 e. The second kappa shape index (κ2) is 10.4. The van der Waals surface area contributed by atoms with Crippen molar-refractivity contribution in [3.05, 3.63) is 76.6 Å². The molecule has 1 fully saturated rings. The molecule has 3 N–H and O–H groups in total. The number of carbonyl (C=O) groups is 2. The third kappa shape index (κ3) is 6.13. The maximum absolute atomic E-state index is 13.0. The topological polar surface area (TPSA) is 127 Å². The summed E-state index contributed by atoms with van der Waals surface area (Å²) in [6, 6.07) is 15.2. The standard InChI is InChI=1S/C29H29ClN4O4/c1-28(2)14-19(15-29(3,4)38-28)34-27(36)18-8-9-25(22(30)12-18)37-24-7-5-6-20(21(24)16-31)17-10-11-33-23(13-17)26(32)35/h5-13,19H,14-15H2,1-4H3,(H2,32,35)(H,34,36). The second-order valence-corrected chi connectivity index (χ2v) is 10.9. The Bertz CT molecular complexity index is 1430. The molecule has 2 amide bonds. The number of halogens is 1. The third-order valence-corrected chi connectivity index (χ3v) is 6.53. The molecular weight excluding hydrogens is 504 g/mol. The van der Waals surface area contributed by atoms with Crippen LogP contribution in [0.15, 0.2) is 54.7 Å². The van der Waals surface area contributed by atoms with Crippen molar-refractivity contribution in [1.82, 2.24) is 10.3 Å². The van der Waals surface area contributed by atoms with Crippen molar-refractivity contribution in [3.63, 3.8) is 0 Å². The number of primary amides is 1. The molecule has 0 unspecified atom stereocenters. The van der Waals surface area contributed by atoms with Gasteiger partial charge in [-0.1, -0.05) is 23.7 Å². The fraction of sp³-hybridized carbons (Fsp3) is 0.310. The van der Waals surface area contributed by atoms with Crippen LogP contribution in [0, 0.1) is 11.3 Å². The maximum Gasteiger partial charge on any atom is 0.267 e. The predicted molar refractivity (Wildman–Crippen MR) is 144 cm³/mol. The van der Waals surface area contributed by atoms with E-state index in [1.165, 1.54) is 12.3 Å². The number of nitrogens with one attached hydrogen (secondary N) is 1. The molecule has 8 nitrogen and oxygen atoms in total. The summed E-state index contributed by atoms with van der Waals surface area (Å²) < 4.78 is 12.1. The van der Waals surface area contributed by atoms with E-state index in [2.05, 4.69) is 16.4 Å². The van der Waals surface area contributed by atoms with Crippen LogP contribution in [-0.4, -0.2) is 34.0 Å². The van der Waals surface area contributed by atoms with Crippen LogP contribution in [0.4, 0.5) is 0 Å². The first-order chi connectivity index (χ1) is 17.9. The molecule has 38 heavy (non-hydrogen) atoms. The Morgan fingerprint density at radius 3 is 2.45 bits per heavy atom. The van der Waals surface area contributed by atoms with Crippen molar-refractivity contribution in [2.45, 2.75) is 57.8 Å². The Balaban J connectivity index is 1.55. The van der Waals surface area contributed by atoms with Gasteiger partial charge >= 0.3 is 0 Å². The molecule has 1 aliphatic heterocycles. The minimum absolute atomic E-state index is 0.0415. The Morgan fingerprint density at radius 2 is 1.82 bits per heavy atom. The molecule has 196 valence electrons. The number of aromatic nitrogens is 1. The van der Waals surface area contributed by atoms with Gasteiger partial charge in [0.1, 0.15) is 28.8 Å². The van der Waals surface area contributed by atoms with Gasteiger partial charge in [-0.25, -0.2) is 0 Å². The molecule has 0 aliphatic carbocycles. The fourth-order valence-corrected chi connectivity index (χ4v) is 5.23. The molecule has 9 heteroatoms. The lowest BCUT2D eigenvalue weighted by molar-refractivity contribution is -0.162. The second-order valence-electron chi connectivity index (χ2n) is 10.5. The molecule has 0 spiro atoms. The minimum Gasteiger partial charge on any atom is -0.454 e. The first-order valence-corrected chi connectivity index (χ1v) is 12.5. The van der Waals surface area contributed by atoms with Crippen LogP contribution in [0.5, 0.6) is 11.5 Å². The fourth-order valence-electron chi connectivity index (χ4n) is 5.01. The molecule has 0 saturated carbocycles. The van der Waals surface area contributed by atoms with Gasteiger partial charge in [0.05, 0.1) is 16.2 Å². The van der Waals surface area contributed by atoms with E-state index in [4.69, 9.17) is 26.8 Å². The van der Waals surface area contributed by atoms with Gasteiger partial charge < -0.3 is 20.5 Å². The summed E-state index contributed by atoms with van der Waals surface area (Å²) in [5.74, 6) is -0.344. The monoisotopic (exact) mass is 532 g/mol. The minimum atomic E-state index is -0.669. The molecule has 2 heterocycles. The quantitative estimate of drug-likeness (QED) is 0.423. The zero-order valence-electron chi connectivity index (χ0n) is 21.7. The summed E-state index contributed by atoms with van der Waals surface area (Å²) in [6.07, 6.45) is 2.85. The highest BCUT2D eigenvalue weighted by Crippen LogP contribution is 2.37. The number of amides is 2. The van der Waals surface area contributed by atoms with Gasteiger partial charge in [-0.05, 0) is 82.5 Å². The third-order valence-electron chi connectivity index (χ3n) is 6.24. The summed E-state index contributed by atoms with van der Waals surface area (Å²) in [5, 5.41) is 13.2. The number of hydrogen-bond acceptors (Lipinski definition) is 6. The first-order valence-electron chi connectivity index (χ1n) is 12.2. The van der Waals surface area contributed by atoms with Crippen LogP contribution < -0.4 is 15.8 Å². The molecule has 0 bridgehead atoms. The number of carbonyl (C=O) groups excluding carboxylic acids is 2. The average molecular weight is 533 g/mol. The van der Waals surface area contributed by atoms with E-state index in [-0.39, 0.29) is 50.9 Å². The first kappa shape index (κ1) is 27.1. The average Bonchev–Trinajstić information content (AvgIpc) is 2.83. The molecule has 1 aliphatic rings. The molecule has 4 rings (SSSR count). The van der Waals surface area contributed by atoms with Gasteiger partial charge in [-0.15, -0.1) is 0 Å². The van der Waals surface area contributed by atoms with Crippen molar-refractivity contribution in [3.8, 4) is 28.7 Å². The van der Waals surface area contributed by atoms with Crippen molar-refractivity contribution in [1.29, 1.82) is 5.26 Å². The number of rotatable bonds is 6. The van der Waals surface area contributed by atoms with E-state index in [1.54, 1.807) is 42.5 Å². The Kier molecular flexibility index (Phi) is 7.45. The lowest BCUT2D eigenvalue weighted by Crippen LogP contribution is -2.52. The van der Waals surface area contributed by atoms with Crippen LogP contribution in [0.1, 0.15) is 66.9 Å². The van der Waals surface area contributed by atoms with E-state index in [9.17, 15) is 14.9 Å². The molecule has 0 radical (unpaired) electrons. The van der Waals surface area contributed by atoms with Crippen LogP contribution in [0.2, 0.25) is 5.02 Å². The largest absolute Gasteiger partial charge is 0.454 e. The summed E-state index contributed by atoms with van der Waals surface area (Å²) in [6.45, 7) is 8.08. The number of pyridine rings is 1. The van der Waals surface area contributed by atoms with Gasteiger partial charge in [0.2, 0.25) is 0 Å². The molecule has 1 aromatic heterocycles. The molecular formula is C29H29ClN4O4. The summed E-state index contributed by atoms with van der Waals surface area (Å²) in [4.78, 5) is 28.5. The highest BCUT2D eigenvalue weighted by Gasteiger charge is 2.39. The SMILES string of the molecule is CC1(C)CC(NC(=O)c2ccc(Oc3cccc(-c4ccnc(C(N)=O)c4)c3C#N)c(Cl)c2)CC(C)(C)O1. The van der Waals surface area contributed by atoms with Gasteiger partial charge in [0.25, 0.3) is 11.8 Å². The predicted octanol–water partition coefficient (Wildman–Crippen LogP) is 5.63. The molecule has 1 saturated heterocycles. The van der Waals surface area contributed by atoms with Crippen LogP contribution in [0.3, 0.4) is 0 Å². The molecule has 0 atom stereocenters. The number of nitrogens with two attached hydrogens (primary N) is 1. The summed E-state index contributed by atoms with van der Waals surface area (Å²) in [5.41, 5.74) is 6.52. The number of nitriles is 1. The van der Waals surface area contributed by atoms with Crippen LogP contribution in [0.25, 0.3) is 11.1 Å². The van der Waals surface area contributed by atoms with E-state index >= 15 is 0 Å². The normalized spacial score (nSPS) is 16.3. The number of nitrogens with zero attached hydrogens (tertiary/aromatic N) is 2. The summed E-state index contributed by atoms with van der Waals surface area (Å²) >= 11 is 6.50. The maximum atomic E-state index is 13.0.